The highest BCUT2D eigenvalue weighted by atomic mass is 32.1. The Balaban J connectivity index is 1.41. The van der Waals surface area contributed by atoms with E-state index in [9.17, 15) is 4.79 Å². The molecule has 0 N–H and O–H groups in total. The lowest BCUT2D eigenvalue weighted by molar-refractivity contribution is 0.112. The van der Waals surface area contributed by atoms with Crippen molar-refractivity contribution in [2.24, 2.45) is 0 Å². The summed E-state index contributed by atoms with van der Waals surface area (Å²) in [6.45, 7) is 0.620. The molecule has 6 nitrogen and oxygen atoms in total. The van der Waals surface area contributed by atoms with Crippen molar-refractivity contribution in [1.82, 2.24) is 4.98 Å². The van der Waals surface area contributed by atoms with E-state index in [1.54, 1.807) is 36.6 Å². The molecule has 0 unspecified atom stereocenters. The molecular formula is C24H21NO5S. The van der Waals surface area contributed by atoms with E-state index in [0.717, 1.165) is 27.1 Å². The number of hydrogen-bond acceptors (Lipinski definition) is 7. The molecule has 0 amide bonds. The maximum Gasteiger partial charge on any atom is 0.161 e. The molecule has 0 radical (unpaired) electrons. The second kappa shape index (κ2) is 9.49. The quantitative estimate of drug-likeness (QED) is 0.264. The minimum absolute atomic E-state index is 0.305. The van der Waals surface area contributed by atoms with Crippen molar-refractivity contribution in [3.05, 3.63) is 66.2 Å². The number of aromatic nitrogens is 1. The summed E-state index contributed by atoms with van der Waals surface area (Å²) in [6.07, 6.45) is 0.764. The van der Waals surface area contributed by atoms with Gasteiger partial charge in [0.2, 0.25) is 0 Å². The molecule has 0 bridgehead atoms. The van der Waals surface area contributed by atoms with Gasteiger partial charge in [-0.3, -0.25) is 4.79 Å². The smallest absolute Gasteiger partial charge is 0.161 e. The first-order valence-corrected chi connectivity index (χ1v) is 10.5. The molecule has 0 aliphatic carbocycles. The normalized spacial score (nSPS) is 10.6. The molecule has 0 saturated heterocycles. The van der Waals surface area contributed by atoms with Crippen molar-refractivity contribution in [2.45, 2.75) is 0 Å². The van der Waals surface area contributed by atoms with Crippen molar-refractivity contribution >= 4 is 27.8 Å². The van der Waals surface area contributed by atoms with Crippen molar-refractivity contribution < 1.29 is 23.7 Å². The minimum Gasteiger partial charge on any atom is -0.493 e. The summed E-state index contributed by atoms with van der Waals surface area (Å²) in [5, 5.41) is 0.931. The van der Waals surface area contributed by atoms with Crippen molar-refractivity contribution in [1.29, 1.82) is 0 Å². The van der Waals surface area contributed by atoms with Gasteiger partial charge in [0.1, 0.15) is 24.5 Å². The van der Waals surface area contributed by atoms with Gasteiger partial charge in [-0.05, 0) is 48.5 Å². The van der Waals surface area contributed by atoms with Crippen LogP contribution in [-0.4, -0.2) is 38.7 Å². The number of hydrogen-bond donors (Lipinski definition) is 0. The van der Waals surface area contributed by atoms with Crippen LogP contribution in [0.4, 0.5) is 0 Å². The number of para-hydroxylation sites is 1. The second-order valence-electron chi connectivity index (χ2n) is 6.58. The van der Waals surface area contributed by atoms with E-state index in [0.29, 0.717) is 41.8 Å². The molecule has 31 heavy (non-hydrogen) atoms. The van der Waals surface area contributed by atoms with Crippen LogP contribution in [0.25, 0.3) is 20.8 Å². The molecular weight excluding hydrogens is 414 g/mol. The predicted octanol–water partition coefficient (Wildman–Crippen LogP) is 5.25. The third kappa shape index (κ3) is 4.62. The van der Waals surface area contributed by atoms with Gasteiger partial charge in [0.15, 0.2) is 23.0 Å². The Morgan fingerprint density at radius 2 is 1.52 bits per heavy atom. The van der Waals surface area contributed by atoms with Crippen LogP contribution >= 0.6 is 11.3 Å². The Morgan fingerprint density at radius 3 is 2.19 bits per heavy atom. The topological polar surface area (TPSA) is 66.9 Å². The van der Waals surface area contributed by atoms with Gasteiger partial charge in [0.05, 0.1) is 24.4 Å². The highest BCUT2D eigenvalue weighted by Gasteiger charge is 2.11. The summed E-state index contributed by atoms with van der Waals surface area (Å²) in [4.78, 5) is 15.6. The number of carbonyl (C=O) groups is 1. The summed E-state index contributed by atoms with van der Waals surface area (Å²) >= 11 is 1.64. The molecule has 7 heteroatoms. The molecule has 3 aromatic carbocycles. The number of fused-ring (bicyclic) bond motifs is 1. The summed E-state index contributed by atoms with van der Waals surface area (Å²) in [5.41, 5.74) is 2.48. The number of ether oxygens (including phenoxy) is 4. The number of aldehydes is 1. The van der Waals surface area contributed by atoms with Crippen LogP contribution in [-0.2, 0) is 0 Å². The third-order valence-corrected chi connectivity index (χ3v) is 5.71. The van der Waals surface area contributed by atoms with E-state index in [4.69, 9.17) is 23.9 Å². The van der Waals surface area contributed by atoms with Gasteiger partial charge < -0.3 is 18.9 Å². The Labute approximate surface area is 184 Å². The van der Waals surface area contributed by atoms with Gasteiger partial charge in [-0.2, -0.15) is 0 Å². The first kappa shape index (κ1) is 20.7. The molecule has 0 saturated carbocycles. The Morgan fingerprint density at radius 1 is 0.839 bits per heavy atom. The standard InChI is InChI=1S/C24H21NO5S/c1-27-21-13-16(15-26)7-9-19(21)29-11-12-30-20-10-8-17(14-22(20)28-2)24-25-18-5-3-4-6-23(18)31-24/h3-10,13-15H,11-12H2,1-2H3. The fourth-order valence-electron chi connectivity index (χ4n) is 3.10. The molecule has 4 aromatic rings. The van der Waals surface area contributed by atoms with Gasteiger partial charge >= 0.3 is 0 Å². The fourth-order valence-corrected chi connectivity index (χ4v) is 4.06. The Kier molecular flexibility index (Phi) is 6.33. The summed E-state index contributed by atoms with van der Waals surface area (Å²) in [6, 6.07) is 18.8. The molecule has 0 aliphatic heterocycles. The van der Waals surface area contributed by atoms with E-state index in [-0.39, 0.29) is 0 Å². The van der Waals surface area contributed by atoms with Crippen LogP contribution in [0.1, 0.15) is 10.4 Å². The molecule has 158 valence electrons. The monoisotopic (exact) mass is 435 g/mol. The second-order valence-corrected chi connectivity index (χ2v) is 7.61. The number of rotatable bonds is 9. The predicted molar refractivity (Wildman–Crippen MR) is 121 cm³/mol. The molecule has 0 atom stereocenters. The van der Waals surface area contributed by atoms with E-state index in [1.807, 2.05) is 36.4 Å². The largest absolute Gasteiger partial charge is 0.493 e. The summed E-state index contributed by atoms with van der Waals surface area (Å²) in [5.74, 6) is 2.31. The third-order valence-electron chi connectivity index (χ3n) is 4.63. The lowest BCUT2D eigenvalue weighted by Gasteiger charge is -2.13. The summed E-state index contributed by atoms with van der Waals surface area (Å²) in [7, 11) is 3.14. The number of methoxy groups -OCH3 is 2. The van der Waals surface area contributed by atoms with E-state index in [2.05, 4.69) is 6.07 Å². The zero-order chi connectivity index (χ0) is 21.6. The van der Waals surface area contributed by atoms with Crippen molar-refractivity contribution in [2.75, 3.05) is 27.4 Å². The minimum atomic E-state index is 0.305. The van der Waals surface area contributed by atoms with E-state index >= 15 is 0 Å². The van der Waals surface area contributed by atoms with Gasteiger partial charge in [0, 0.05) is 11.1 Å². The fraction of sp³-hybridized carbons (Fsp3) is 0.167. The number of thiazole rings is 1. The van der Waals surface area contributed by atoms with E-state index < -0.39 is 0 Å². The number of nitrogens with zero attached hydrogens (tertiary/aromatic N) is 1. The first-order valence-electron chi connectivity index (χ1n) is 9.64. The maximum atomic E-state index is 10.9. The van der Waals surface area contributed by atoms with Gasteiger partial charge in [-0.15, -0.1) is 11.3 Å². The number of carbonyl (C=O) groups excluding carboxylic acids is 1. The van der Waals surface area contributed by atoms with Crippen LogP contribution in [0.2, 0.25) is 0 Å². The molecule has 0 aliphatic rings. The zero-order valence-electron chi connectivity index (χ0n) is 17.2. The van der Waals surface area contributed by atoms with Gasteiger partial charge in [-0.1, -0.05) is 12.1 Å². The average molecular weight is 436 g/mol. The lowest BCUT2D eigenvalue weighted by atomic mass is 10.2. The molecule has 0 fully saturated rings. The average Bonchev–Trinajstić information content (AvgIpc) is 3.26. The van der Waals surface area contributed by atoms with Crippen molar-refractivity contribution in [3.8, 4) is 33.6 Å². The molecule has 4 rings (SSSR count). The summed E-state index contributed by atoms with van der Waals surface area (Å²) < 4.78 is 23.5. The lowest BCUT2D eigenvalue weighted by Crippen LogP contribution is -2.10. The Hall–Kier alpha value is -3.58. The molecule has 0 spiro atoms. The highest BCUT2D eigenvalue weighted by molar-refractivity contribution is 7.21. The molecule has 1 aromatic heterocycles. The Bertz CT molecular complexity index is 1170. The highest BCUT2D eigenvalue weighted by Crippen LogP contribution is 2.36. The maximum absolute atomic E-state index is 10.9. The van der Waals surface area contributed by atoms with Crippen LogP contribution in [0.5, 0.6) is 23.0 Å². The molecule has 1 heterocycles. The van der Waals surface area contributed by atoms with E-state index in [1.165, 1.54) is 7.11 Å². The van der Waals surface area contributed by atoms with Crippen LogP contribution in [0, 0.1) is 0 Å². The number of benzene rings is 3. The van der Waals surface area contributed by atoms with Gasteiger partial charge in [-0.25, -0.2) is 4.98 Å². The van der Waals surface area contributed by atoms with Gasteiger partial charge in [0.25, 0.3) is 0 Å². The zero-order valence-corrected chi connectivity index (χ0v) is 18.0. The SMILES string of the molecule is COc1cc(C=O)ccc1OCCOc1ccc(-c2nc3ccccc3s2)cc1OC. The van der Waals surface area contributed by atoms with Crippen LogP contribution in [0.3, 0.4) is 0 Å². The van der Waals surface area contributed by atoms with Crippen molar-refractivity contribution in [3.63, 3.8) is 0 Å². The van der Waals surface area contributed by atoms with Crippen LogP contribution < -0.4 is 18.9 Å². The first-order chi connectivity index (χ1) is 15.2. The van der Waals surface area contributed by atoms with Crippen LogP contribution in [0.15, 0.2) is 60.7 Å².